The molecule has 17 heavy (non-hydrogen) atoms. The van der Waals surface area contributed by atoms with Crippen molar-refractivity contribution in [3.63, 3.8) is 0 Å². The second-order valence-corrected chi connectivity index (χ2v) is 5.12. The standard InChI is InChI=1S/C11H14BrN5/c12-9-7-14-17-5-3-10(16-11(9)17)15-8-2-1-4-13-6-8/h3,5,7-8,13H,1-2,4,6H2,(H,15,16)/t8-/m0/s1. The lowest BCUT2D eigenvalue weighted by atomic mass is 10.1. The van der Waals surface area contributed by atoms with Crippen LogP contribution in [-0.4, -0.2) is 33.7 Å². The molecule has 0 radical (unpaired) electrons. The van der Waals surface area contributed by atoms with Crippen LogP contribution in [0.3, 0.4) is 0 Å². The van der Waals surface area contributed by atoms with E-state index >= 15 is 0 Å². The summed E-state index contributed by atoms with van der Waals surface area (Å²) in [7, 11) is 0. The summed E-state index contributed by atoms with van der Waals surface area (Å²) in [5, 5.41) is 11.0. The molecule has 90 valence electrons. The second kappa shape index (κ2) is 4.62. The first kappa shape index (κ1) is 11.0. The third-order valence-electron chi connectivity index (χ3n) is 2.97. The number of hydrogen-bond donors (Lipinski definition) is 2. The Morgan fingerprint density at radius 1 is 1.53 bits per heavy atom. The Morgan fingerprint density at radius 3 is 3.29 bits per heavy atom. The number of rotatable bonds is 2. The first-order valence-electron chi connectivity index (χ1n) is 5.80. The summed E-state index contributed by atoms with van der Waals surface area (Å²) in [5.74, 6) is 0.910. The van der Waals surface area contributed by atoms with Crippen molar-refractivity contribution in [2.75, 3.05) is 18.4 Å². The molecular weight excluding hydrogens is 282 g/mol. The van der Waals surface area contributed by atoms with E-state index in [1.807, 2.05) is 12.3 Å². The minimum Gasteiger partial charge on any atom is -0.366 e. The molecule has 1 atom stereocenters. The lowest BCUT2D eigenvalue weighted by Crippen LogP contribution is -2.38. The summed E-state index contributed by atoms with van der Waals surface area (Å²) in [6, 6.07) is 2.43. The summed E-state index contributed by atoms with van der Waals surface area (Å²) in [6.45, 7) is 2.13. The molecule has 1 fully saturated rings. The Labute approximate surface area is 108 Å². The fourth-order valence-corrected chi connectivity index (χ4v) is 2.47. The molecule has 5 nitrogen and oxygen atoms in total. The van der Waals surface area contributed by atoms with Gasteiger partial charge in [-0.15, -0.1) is 0 Å². The molecule has 0 bridgehead atoms. The average molecular weight is 296 g/mol. The highest BCUT2D eigenvalue weighted by molar-refractivity contribution is 9.10. The van der Waals surface area contributed by atoms with E-state index < -0.39 is 0 Å². The largest absolute Gasteiger partial charge is 0.366 e. The number of nitrogens with one attached hydrogen (secondary N) is 2. The molecule has 0 saturated carbocycles. The van der Waals surface area contributed by atoms with Crippen LogP contribution in [0.2, 0.25) is 0 Å². The normalized spacial score (nSPS) is 20.6. The van der Waals surface area contributed by atoms with Crippen molar-refractivity contribution in [3.05, 3.63) is 22.9 Å². The van der Waals surface area contributed by atoms with Crippen molar-refractivity contribution in [3.8, 4) is 0 Å². The molecule has 0 aliphatic carbocycles. The maximum atomic E-state index is 4.54. The summed E-state index contributed by atoms with van der Waals surface area (Å²) in [6.07, 6.45) is 6.09. The number of anilines is 1. The zero-order valence-electron chi connectivity index (χ0n) is 9.36. The van der Waals surface area contributed by atoms with Crippen molar-refractivity contribution >= 4 is 27.4 Å². The Morgan fingerprint density at radius 2 is 2.47 bits per heavy atom. The van der Waals surface area contributed by atoms with Gasteiger partial charge in [-0.05, 0) is 41.4 Å². The topological polar surface area (TPSA) is 54.2 Å². The number of fused-ring (bicyclic) bond motifs is 1. The van der Waals surface area contributed by atoms with Crippen LogP contribution in [0.25, 0.3) is 5.65 Å². The highest BCUT2D eigenvalue weighted by atomic mass is 79.9. The zero-order chi connectivity index (χ0) is 11.7. The molecule has 2 aromatic rings. The van der Waals surface area contributed by atoms with Crippen LogP contribution in [0.1, 0.15) is 12.8 Å². The van der Waals surface area contributed by atoms with E-state index in [0.29, 0.717) is 6.04 Å². The molecule has 0 aromatic carbocycles. The van der Waals surface area contributed by atoms with E-state index in [-0.39, 0.29) is 0 Å². The van der Waals surface area contributed by atoms with Gasteiger partial charge in [0.2, 0.25) is 0 Å². The van der Waals surface area contributed by atoms with Crippen LogP contribution < -0.4 is 10.6 Å². The van der Waals surface area contributed by atoms with E-state index in [2.05, 4.69) is 36.6 Å². The number of halogens is 1. The van der Waals surface area contributed by atoms with Gasteiger partial charge in [-0.25, -0.2) is 9.50 Å². The molecule has 1 aliphatic rings. The predicted octanol–water partition coefficient (Wildman–Crippen LogP) is 1.66. The lowest BCUT2D eigenvalue weighted by Gasteiger charge is -2.24. The van der Waals surface area contributed by atoms with Gasteiger partial charge in [0.1, 0.15) is 5.82 Å². The van der Waals surface area contributed by atoms with Crippen LogP contribution >= 0.6 is 15.9 Å². The van der Waals surface area contributed by atoms with Crippen LogP contribution in [-0.2, 0) is 0 Å². The van der Waals surface area contributed by atoms with Gasteiger partial charge in [-0.3, -0.25) is 0 Å². The Balaban J connectivity index is 1.82. The highest BCUT2D eigenvalue weighted by Crippen LogP contribution is 2.17. The molecule has 2 N–H and O–H groups in total. The zero-order valence-corrected chi connectivity index (χ0v) is 10.9. The number of piperidine rings is 1. The van der Waals surface area contributed by atoms with Gasteiger partial charge in [0.25, 0.3) is 0 Å². The maximum absolute atomic E-state index is 4.54. The molecule has 0 amide bonds. The van der Waals surface area contributed by atoms with E-state index in [1.165, 1.54) is 12.8 Å². The monoisotopic (exact) mass is 295 g/mol. The van der Waals surface area contributed by atoms with Gasteiger partial charge >= 0.3 is 0 Å². The summed E-state index contributed by atoms with van der Waals surface area (Å²) in [5.41, 5.74) is 0.846. The van der Waals surface area contributed by atoms with Gasteiger partial charge in [-0.1, -0.05) is 0 Å². The minimum atomic E-state index is 0.473. The van der Waals surface area contributed by atoms with Crippen LogP contribution in [0.15, 0.2) is 22.9 Å². The lowest BCUT2D eigenvalue weighted by molar-refractivity contribution is 0.479. The van der Waals surface area contributed by atoms with Crippen molar-refractivity contribution in [1.29, 1.82) is 0 Å². The van der Waals surface area contributed by atoms with Crippen LogP contribution in [0.4, 0.5) is 5.82 Å². The van der Waals surface area contributed by atoms with Gasteiger partial charge < -0.3 is 10.6 Å². The molecule has 2 aromatic heterocycles. The van der Waals surface area contributed by atoms with E-state index in [4.69, 9.17) is 0 Å². The smallest absolute Gasteiger partial charge is 0.171 e. The summed E-state index contributed by atoms with van der Waals surface area (Å²) < 4.78 is 2.68. The quantitative estimate of drug-likeness (QED) is 0.885. The number of aromatic nitrogens is 3. The summed E-state index contributed by atoms with van der Waals surface area (Å²) in [4.78, 5) is 4.54. The van der Waals surface area contributed by atoms with Gasteiger partial charge in [0.05, 0.1) is 10.7 Å². The van der Waals surface area contributed by atoms with E-state index in [1.54, 1.807) is 10.7 Å². The fraction of sp³-hybridized carbons (Fsp3) is 0.455. The van der Waals surface area contributed by atoms with Gasteiger partial charge in [0, 0.05) is 18.8 Å². The molecule has 3 rings (SSSR count). The maximum Gasteiger partial charge on any atom is 0.171 e. The van der Waals surface area contributed by atoms with Crippen LogP contribution in [0.5, 0.6) is 0 Å². The van der Waals surface area contributed by atoms with Crippen molar-refractivity contribution in [2.45, 2.75) is 18.9 Å². The summed E-state index contributed by atoms with van der Waals surface area (Å²) >= 11 is 3.44. The SMILES string of the molecule is Brc1cnn2ccc(N[C@H]3CCCNC3)nc12. The van der Waals surface area contributed by atoms with Crippen molar-refractivity contribution in [1.82, 2.24) is 19.9 Å². The molecule has 1 saturated heterocycles. The molecule has 3 heterocycles. The molecule has 0 unspecified atom stereocenters. The predicted molar refractivity (Wildman–Crippen MR) is 70.2 cm³/mol. The van der Waals surface area contributed by atoms with Gasteiger partial charge in [-0.2, -0.15) is 5.10 Å². The first-order valence-corrected chi connectivity index (χ1v) is 6.59. The molecule has 0 spiro atoms. The third kappa shape index (κ3) is 2.28. The van der Waals surface area contributed by atoms with Crippen molar-refractivity contribution < 1.29 is 0 Å². The Hall–Kier alpha value is -1.14. The van der Waals surface area contributed by atoms with Crippen molar-refractivity contribution in [2.24, 2.45) is 0 Å². The average Bonchev–Trinajstić information content (AvgIpc) is 2.73. The number of nitrogens with zero attached hydrogens (tertiary/aromatic N) is 3. The molecule has 6 heteroatoms. The third-order valence-corrected chi connectivity index (χ3v) is 3.53. The number of hydrogen-bond acceptors (Lipinski definition) is 4. The highest BCUT2D eigenvalue weighted by Gasteiger charge is 2.13. The fourth-order valence-electron chi connectivity index (χ4n) is 2.11. The van der Waals surface area contributed by atoms with Gasteiger partial charge in [0.15, 0.2) is 5.65 Å². The van der Waals surface area contributed by atoms with E-state index in [9.17, 15) is 0 Å². The second-order valence-electron chi connectivity index (χ2n) is 4.26. The van der Waals surface area contributed by atoms with E-state index in [0.717, 1.165) is 29.0 Å². The van der Waals surface area contributed by atoms with Crippen LogP contribution in [0, 0.1) is 0 Å². The Kier molecular flexibility index (Phi) is 2.98. The molecule has 1 aliphatic heterocycles. The first-order chi connectivity index (χ1) is 8.33. The Bertz CT molecular complexity index is 518. The molecular formula is C11H14BrN5. The minimum absolute atomic E-state index is 0.473.